The molecular weight excluding hydrogens is 426 g/mol. The lowest BCUT2D eigenvalue weighted by Gasteiger charge is -3.04. The second-order valence-corrected chi connectivity index (χ2v) is 10.7. The van der Waals surface area contributed by atoms with Crippen LogP contribution in [0.4, 0.5) is 0 Å². The molecule has 4 atom stereocenters. The Labute approximate surface area is 154 Å². The molecule has 6 saturated carbocycles. The molecule has 0 unspecified atom stereocenters. The molecule has 0 radical (unpaired) electrons. The third-order valence-corrected chi connectivity index (χ3v) is 13.7. The Hall–Kier alpha value is 1.91. The van der Waals surface area contributed by atoms with E-state index in [2.05, 4.69) is 0 Å². The predicted molar refractivity (Wildman–Crippen MR) is 81.6 cm³/mol. The van der Waals surface area contributed by atoms with Crippen molar-refractivity contribution < 1.29 is 9.47 Å². The first-order valence-corrected chi connectivity index (χ1v) is 8.99. The molecule has 1 heterocycles. The Morgan fingerprint density at radius 3 is 1.33 bits per heavy atom. The van der Waals surface area contributed by atoms with E-state index in [0.717, 1.165) is 0 Å². The van der Waals surface area contributed by atoms with E-state index in [9.17, 15) is 0 Å². The molecular formula is C11H6Cl7NO2. The summed E-state index contributed by atoms with van der Waals surface area (Å²) in [5.41, 5.74) is 5.20. The molecule has 7 fully saturated rings. The average Bonchev–Trinajstić information content (AvgIpc) is 2.99. The number of hydrogen-bond donors (Lipinski definition) is 1. The highest BCUT2D eigenvalue weighted by Gasteiger charge is 3.37. The summed E-state index contributed by atoms with van der Waals surface area (Å²) in [4.78, 5) is -9.61. The van der Waals surface area contributed by atoms with E-state index in [-0.39, 0.29) is 13.2 Å². The second kappa shape index (κ2) is 2.67. The fourth-order valence-electron chi connectivity index (χ4n) is 6.66. The maximum atomic E-state index is 6.90. The van der Waals surface area contributed by atoms with Gasteiger partial charge in [-0.15, -0.1) is 81.2 Å². The van der Waals surface area contributed by atoms with Crippen molar-refractivity contribution in [2.75, 3.05) is 13.2 Å². The van der Waals surface area contributed by atoms with E-state index in [1.54, 1.807) is 0 Å². The first-order chi connectivity index (χ1) is 9.46. The molecule has 0 aromatic rings. The Morgan fingerprint density at radius 2 is 0.905 bits per heavy atom. The Morgan fingerprint density at radius 1 is 0.571 bits per heavy atom. The highest BCUT2D eigenvalue weighted by atomic mass is 35.5. The standard InChI is InChI=1S/C11H6Cl7NO2/c12-3-5(14)4(13)7(16)9(18,6(3,15)10(5,7)19)11(8(3,4)17)20-1-2-21-11/h1-2,19H2/t3-,4-,5?,6-,7-,8?,9?,10?/m1/s1. The largest absolute Gasteiger partial charge is 0.344 e. The number of nitrogens with two attached hydrogens (primary N) is 1. The van der Waals surface area contributed by atoms with Gasteiger partial charge in [0.25, 0.3) is 0 Å². The molecule has 10 heteroatoms. The first kappa shape index (κ1) is 14.1. The van der Waals surface area contributed by atoms with Gasteiger partial charge in [0.15, 0.2) is 0 Å². The van der Waals surface area contributed by atoms with Gasteiger partial charge in [-0.25, -0.2) is 0 Å². The van der Waals surface area contributed by atoms with E-state index in [0.29, 0.717) is 0 Å². The third kappa shape index (κ3) is 0.531. The van der Waals surface area contributed by atoms with Crippen LogP contribution in [-0.4, -0.2) is 58.7 Å². The topological polar surface area (TPSA) is 44.5 Å². The molecule has 21 heavy (non-hydrogen) atoms. The number of alkyl halides is 7. The van der Waals surface area contributed by atoms with Crippen LogP contribution in [0.5, 0.6) is 0 Å². The molecule has 2 N–H and O–H groups in total. The van der Waals surface area contributed by atoms with E-state index in [4.69, 9.17) is 96.4 Å². The summed E-state index contributed by atoms with van der Waals surface area (Å²) in [7, 11) is 0. The molecule has 0 aromatic carbocycles. The zero-order valence-corrected chi connectivity index (χ0v) is 15.2. The minimum absolute atomic E-state index is 0.287. The molecule has 1 spiro atoms. The summed E-state index contributed by atoms with van der Waals surface area (Å²) in [6, 6.07) is 0. The third-order valence-electron chi connectivity index (χ3n) is 7.03. The van der Waals surface area contributed by atoms with Gasteiger partial charge in [0, 0.05) is 0 Å². The van der Waals surface area contributed by atoms with Gasteiger partial charge in [-0.2, -0.15) is 0 Å². The normalized spacial score (nSPS) is 83.4. The molecule has 7 aliphatic rings. The predicted octanol–water partition coefficient (Wildman–Crippen LogP) is 2.34. The van der Waals surface area contributed by atoms with Crippen LogP contribution < -0.4 is 5.73 Å². The minimum Gasteiger partial charge on any atom is -0.344 e. The van der Waals surface area contributed by atoms with Gasteiger partial charge in [0.2, 0.25) is 5.79 Å². The summed E-state index contributed by atoms with van der Waals surface area (Å²) in [6.45, 7) is 0.575. The molecule has 3 nitrogen and oxygen atoms in total. The summed E-state index contributed by atoms with van der Waals surface area (Å²) in [5, 5.41) is 0. The fraction of sp³-hybridized carbons (Fsp3) is 1.00. The molecule has 2 bridgehead atoms. The SMILES string of the molecule is NC12C3(Cl)[C@]4(Cl)C5(Cl)C6(OCCO6)C(Cl)([C@@]14Cl)[C@]2(Cl)[C@@]53Cl. The van der Waals surface area contributed by atoms with Crippen LogP contribution in [0.25, 0.3) is 0 Å². The van der Waals surface area contributed by atoms with Crippen molar-refractivity contribution >= 4 is 81.2 Å². The summed E-state index contributed by atoms with van der Waals surface area (Å²) in [5.74, 6) is -1.51. The minimum atomic E-state index is -1.51. The van der Waals surface area contributed by atoms with Crippen LogP contribution in [-0.2, 0) is 9.47 Å². The Bertz CT molecular complexity index is 612. The molecule has 7 rings (SSSR count). The molecule has 6 aliphatic carbocycles. The number of ether oxygens (including phenoxy) is 2. The van der Waals surface area contributed by atoms with E-state index in [1.807, 2.05) is 0 Å². The van der Waals surface area contributed by atoms with Crippen LogP contribution >= 0.6 is 81.2 Å². The van der Waals surface area contributed by atoms with Crippen LogP contribution in [0.3, 0.4) is 0 Å². The maximum absolute atomic E-state index is 6.90. The van der Waals surface area contributed by atoms with Crippen molar-refractivity contribution in [3.05, 3.63) is 0 Å². The van der Waals surface area contributed by atoms with Crippen LogP contribution in [0.2, 0.25) is 0 Å². The number of hydrogen-bond acceptors (Lipinski definition) is 3. The van der Waals surface area contributed by atoms with Gasteiger partial charge in [0.05, 0.1) is 18.8 Å². The number of halogens is 7. The molecule has 0 aromatic heterocycles. The lowest BCUT2D eigenvalue weighted by Crippen LogP contribution is -3.30. The Kier molecular flexibility index (Phi) is 1.79. The molecule has 116 valence electrons. The van der Waals surface area contributed by atoms with Crippen molar-refractivity contribution in [1.29, 1.82) is 0 Å². The lowest BCUT2D eigenvalue weighted by atomic mass is 9.13. The van der Waals surface area contributed by atoms with Crippen LogP contribution in [0, 0.1) is 0 Å². The van der Waals surface area contributed by atoms with Crippen molar-refractivity contribution in [3.63, 3.8) is 0 Å². The number of rotatable bonds is 0. The second-order valence-electron chi connectivity index (χ2n) is 6.73. The highest BCUT2D eigenvalue weighted by Crippen LogP contribution is 3.14. The first-order valence-electron chi connectivity index (χ1n) is 6.35. The van der Waals surface area contributed by atoms with Gasteiger partial charge in [-0.3, -0.25) is 0 Å². The molecule has 0 amide bonds. The molecule has 1 aliphatic heterocycles. The van der Waals surface area contributed by atoms with Crippen molar-refractivity contribution in [1.82, 2.24) is 0 Å². The van der Waals surface area contributed by atoms with E-state index in [1.165, 1.54) is 0 Å². The van der Waals surface area contributed by atoms with Crippen LogP contribution in [0.1, 0.15) is 0 Å². The van der Waals surface area contributed by atoms with Gasteiger partial charge in [-0.05, 0) is 0 Å². The lowest BCUT2D eigenvalue weighted by molar-refractivity contribution is -0.284. The van der Waals surface area contributed by atoms with Gasteiger partial charge < -0.3 is 15.2 Å². The molecule has 1 saturated heterocycles. The van der Waals surface area contributed by atoms with E-state index < -0.39 is 45.4 Å². The quantitative estimate of drug-likeness (QED) is 0.598. The average molecular weight is 432 g/mol. The van der Waals surface area contributed by atoms with Gasteiger partial charge in [-0.1, -0.05) is 0 Å². The monoisotopic (exact) mass is 429 g/mol. The van der Waals surface area contributed by atoms with Gasteiger partial charge >= 0.3 is 0 Å². The summed E-state index contributed by atoms with van der Waals surface area (Å²) >= 11 is 47.7. The fourth-order valence-corrected chi connectivity index (χ4v) is 13.2. The van der Waals surface area contributed by atoms with Crippen molar-refractivity contribution in [2.45, 2.75) is 45.4 Å². The highest BCUT2D eigenvalue weighted by molar-refractivity contribution is 6.72. The smallest absolute Gasteiger partial charge is 0.215 e. The van der Waals surface area contributed by atoms with E-state index >= 15 is 0 Å². The van der Waals surface area contributed by atoms with Crippen molar-refractivity contribution in [2.24, 2.45) is 5.73 Å². The van der Waals surface area contributed by atoms with Crippen molar-refractivity contribution in [3.8, 4) is 0 Å². The zero-order chi connectivity index (χ0) is 15.3. The van der Waals surface area contributed by atoms with Gasteiger partial charge in [0.1, 0.15) is 34.1 Å². The zero-order valence-electron chi connectivity index (χ0n) is 9.95. The summed E-state index contributed by atoms with van der Waals surface area (Å²) < 4.78 is 11.6. The Balaban J connectivity index is 1.82. The maximum Gasteiger partial charge on any atom is 0.215 e. The van der Waals surface area contributed by atoms with Crippen LogP contribution in [0.15, 0.2) is 0 Å². The summed E-state index contributed by atoms with van der Waals surface area (Å²) in [6.07, 6.45) is 0.